The molecular weight excluding hydrogens is 268 g/mol. The van der Waals surface area contributed by atoms with E-state index >= 15 is 0 Å². The third-order valence-electron chi connectivity index (χ3n) is 3.53. The lowest BCUT2D eigenvalue weighted by Crippen LogP contribution is -2.25. The van der Waals surface area contributed by atoms with Crippen molar-refractivity contribution < 1.29 is 4.74 Å². The molecule has 20 heavy (non-hydrogen) atoms. The summed E-state index contributed by atoms with van der Waals surface area (Å²) in [6.07, 6.45) is 0.943. The second-order valence-electron chi connectivity index (χ2n) is 6.34. The summed E-state index contributed by atoms with van der Waals surface area (Å²) in [5.41, 5.74) is 1.02. The molecule has 1 rings (SSSR count). The standard InChI is InChI=1S/C16H30N2OS/c1-8-16(7,19-10-3)14-18-13(15(4,5)6)12(20-14)11-17-9-2/h17H,8-11H2,1-7H3. The van der Waals surface area contributed by atoms with Crippen LogP contribution in [0.4, 0.5) is 0 Å². The Bertz CT molecular complexity index is 423. The van der Waals surface area contributed by atoms with Crippen molar-refractivity contribution >= 4 is 11.3 Å². The smallest absolute Gasteiger partial charge is 0.125 e. The van der Waals surface area contributed by atoms with Crippen molar-refractivity contribution in [2.24, 2.45) is 0 Å². The van der Waals surface area contributed by atoms with Crippen molar-refractivity contribution in [3.63, 3.8) is 0 Å². The third-order valence-corrected chi connectivity index (χ3v) is 4.83. The Hall–Kier alpha value is -0.450. The molecule has 0 aromatic carbocycles. The minimum Gasteiger partial charge on any atom is -0.368 e. The number of nitrogens with one attached hydrogen (secondary N) is 1. The molecule has 0 radical (unpaired) electrons. The highest BCUT2D eigenvalue weighted by atomic mass is 32.1. The van der Waals surface area contributed by atoms with E-state index < -0.39 is 0 Å². The molecule has 0 aliphatic carbocycles. The van der Waals surface area contributed by atoms with Gasteiger partial charge in [-0.05, 0) is 26.8 Å². The van der Waals surface area contributed by atoms with Gasteiger partial charge in [-0.3, -0.25) is 0 Å². The van der Waals surface area contributed by atoms with Crippen molar-refractivity contribution in [1.29, 1.82) is 0 Å². The number of thiazole rings is 1. The van der Waals surface area contributed by atoms with Crippen LogP contribution in [0.15, 0.2) is 0 Å². The highest BCUT2D eigenvalue weighted by Gasteiger charge is 2.32. The second-order valence-corrected chi connectivity index (χ2v) is 7.42. The van der Waals surface area contributed by atoms with E-state index in [1.54, 1.807) is 11.3 Å². The van der Waals surface area contributed by atoms with E-state index in [9.17, 15) is 0 Å². The van der Waals surface area contributed by atoms with E-state index in [4.69, 9.17) is 9.72 Å². The summed E-state index contributed by atoms with van der Waals surface area (Å²) in [6, 6.07) is 0. The monoisotopic (exact) mass is 298 g/mol. The summed E-state index contributed by atoms with van der Waals surface area (Å²) in [7, 11) is 0. The molecular formula is C16H30N2OS. The number of hydrogen-bond acceptors (Lipinski definition) is 4. The molecule has 116 valence electrons. The van der Waals surface area contributed by atoms with Crippen molar-refractivity contribution in [2.45, 2.75) is 72.4 Å². The molecule has 0 bridgehead atoms. The first-order valence-electron chi connectivity index (χ1n) is 7.63. The Labute approximate surface area is 128 Å². The average molecular weight is 298 g/mol. The molecule has 0 fully saturated rings. The van der Waals surface area contributed by atoms with Crippen LogP contribution in [0.2, 0.25) is 0 Å². The number of rotatable bonds is 7. The van der Waals surface area contributed by atoms with E-state index in [0.29, 0.717) is 0 Å². The van der Waals surface area contributed by atoms with Crippen LogP contribution in [0.3, 0.4) is 0 Å². The van der Waals surface area contributed by atoms with Crippen molar-refractivity contribution in [3.05, 3.63) is 15.6 Å². The van der Waals surface area contributed by atoms with Crippen molar-refractivity contribution in [1.82, 2.24) is 10.3 Å². The van der Waals surface area contributed by atoms with Gasteiger partial charge in [0.15, 0.2) is 0 Å². The molecule has 0 saturated carbocycles. The Morgan fingerprint density at radius 3 is 2.25 bits per heavy atom. The van der Waals surface area contributed by atoms with Crippen molar-refractivity contribution in [3.8, 4) is 0 Å². The maximum Gasteiger partial charge on any atom is 0.125 e. The summed E-state index contributed by atoms with van der Waals surface area (Å²) in [5.74, 6) is 0. The molecule has 0 spiro atoms. The average Bonchev–Trinajstić information content (AvgIpc) is 2.81. The normalized spacial score (nSPS) is 15.3. The van der Waals surface area contributed by atoms with E-state index in [2.05, 4.69) is 46.9 Å². The second kappa shape index (κ2) is 7.01. The molecule has 1 aromatic rings. The van der Waals surface area contributed by atoms with Gasteiger partial charge < -0.3 is 10.1 Å². The van der Waals surface area contributed by atoms with Gasteiger partial charge in [0.2, 0.25) is 0 Å². The van der Waals surface area contributed by atoms with Crippen LogP contribution in [0, 0.1) is 0 Å². The Balaban J connectivity index is 3.19. The van der Waals surface area contributed by atoms with E-state index in [1.165, 1.54) is 10.6 Å². The number of nitrogens with zero attached hydrogens (tertiary/aromatic N) is 1. The van der Waals surface area contributed by atoms with Crippen LogP contribution in [0.5, 0.6) is 0 Å². The fourth-order valence-corrected chi connectivity index (χ4v) is 3.57. The summed E-state index contributed by atoms with van der Waals surface area (Å²) < 4.78 is 5.98. The number of ether oxygens (including phenoxy) is 1. The number of aromatic nitrogens is 1. The molecule has 0 amide bonds. The Morgan fingerprint density at radius 1 is 1.15 bits per heavy atom. The lowest BCUT2D eigenvalue weighted by Gasteiger charge is -2.25. The van der Waals surface area contributed by atoms with Gasteiger partial charge in [0, 0.05) is 23.4 Å². The minimum absolute atomic E-state index is 0.0698. The summed E-state index contributed by atoms with van der Waals surface area (Å²) >= 11 is 1.80. The number of hydrogen-bond donors (Lipinski definition) is 1. The van der Waals surface area contributed by atoms with Crippen LogP contribution in [0.1, 0.15) is 70.5 Å². The molecule has 1 unspecified atom stereocenters. The topological polar surface area (TPSA) is 34.1 Å². The molecule has 1 N–H and O–H groups in total. The lowest BCUT2D eigenvalue weighted by atomic mass is 9.91. The predicted octanol–water partition coefficient (Wildman–Crippen LogP) is 4.21. The van der Waals surface area contributed by atoms with Gasteiger partial charge in [0.25, 0.3) is 0 Å². The zero-order valence-electron chi connectivity index (χ0n) is 14.1. The Morgan fingerprint density at radius 2 is 1.80 bits per heavy atom. The van der Waals surface area contributed by atoms with Gasteiger partial charge in [-0.1, -0.05) is 34.6 Å². The van der Waals surface area contributed by atoms with E-state index in [-0.39, 0.29) is 11.0 Å². The first-order valence-corrected chi connectivity index (χ1v) is 8.45. The first-order chi connectivity index (χ1) is 9.28. The van der Waals surface area contributed by atoms with Gasteiger partial charge in [-0.15, -0.1) is 11.3 Å². The van der Waals surface area contributed by atoms with Gasteiger partial charge in [-0.2, -0.15) is 0 Å². The molecule has 0 aliphatic heterocycles. The molecule has 4 heteroatoms. The van der Waals surface area contributed by atoms with Gasteiger partial charge >= 0.3 is 0 Å². The highest BCUT2D eigenvalue weighted by Crippen LogP contribution is 2.37. The van der Waals surface area contributed by atoms with Crippen LogP contribution in [0.25, 0.3) is 0 Å². The van der Waals surface area contributed by atoms with Gasteiger partial charge in [0.05, 0.1) is 5.69 Å². The summed E-state index contributed by atoms with van der Waals surface area (Å²) in [5, 5.41) is 4.53. The third kappa shape index (κ3) is 4.03. The zero-order valence-corrected chi connectivity index (χ0v) is 14.9. The zero-order chi connectivity index (χ0) is 15.4. The summed E-state index contributed by atoms with van der Waals surface area (Å²) in [6.45, 7) is 17.8. The quantitative estimate of drug-likeness (QED) is 0.818. The van der Waals surface area contributed by atoms with E-state index in [0.717, 1.165) is 31.1 Å². The molecule has 1 heterocycles. The summed E-state index contributed by atoms with van der Waals surface area (Å²) in [4.78, 5) is 6.29. The fraction of sp³-hybridized carbons (Fsp3) is 0.812. The predicted molar refractivity (Wildman–Crippen MR) is 87.5 cm³/mol. The molecule has 3 nitrogen and oxygen atoms in total. The van der Waals surface area contributed by atoms with Crippen molar-refractivity contribution in [2.75, 3.05) is 13.2 Å². The largest absolute Gasteiger partial charge is 0.368 e. The Kier molecular flexibility index (Phi) is 6.17. The molecule has 0 saturated heterocycles. The van der Waals surface area contributed by atoms with Gasteiger partial charge in [-0.25, -0.2) is 4.98 Å². The fourth-order valence-electron chi connectivity index (χ4n) is 2.16. The highest BCUT2D eigenvalue weighted by molar-refractivity contribution is 7.11. The maximum absolute atomic E-state index is 5.98. The minimum atomic E-state index is -0.260. The maximum atomic E-state index is 5.98. The molecule has 1 atom stereocenters. The van der Waals surface area contributed by atoms with Gasteiger partial charge in [0.1, 0.15) is 10.6 Å². The van der Waals surface area contributed by atoms with Crippen LogP contribution < -0.4 is 5.32 Å². The van der Waals surface area contributed by atoms with Crippen LogP contribution in [-0.2, 0) is 22.3 Å². The first kappa shape index (κ1) is 17.6. The lowest BCUT2D eigenvalue weighted by molar-refractivity contribution is -0.0326. The van der Waals surface area contributed by atoms with E-state index in [1.807, 2.05) is 6.92 Å². The molecule has 1 aromatic heterocycles. The van der Waals surface area contributed by atoms with Crippen LogP contribution >= 0.6 is 11.3 Å². The van der Waals surface area contributed by atoms with Crippen LogP contribution in [-0.4, -0.2) is 18.1 Å². The SMILES string of the molecule is CCNCc1sc(C(C)(CC)OCC)nc1C(C)(C)C. The molecule has 0 aliphatic rings.